The molecule has 1 aromatic rings. The van der Waals surface area contributed by atoms with Gasteiger partial charge in [-0.1, -0.05) is 5.16 Å². The van der Waals surface area contributed by atoms with Gasteiger partial charge in [0, 0.05) is 12.1 Å². The van der Waals surface area contributed by atoms with E-state index < -0.39 is 5.97 Å². The van der Waals surface area contributed by atoms with Crippen LogP contribution in [0.3, 0.4) is 0 Å². The number of aromatic carboxylic acids is 1. The molecule has 0 aromatic carbocycles. The highest BCUT2D eigenvalue weighted by Gasteiger charge is 2.16. The van der Waals surface area contributed by atoms with E-state index in [9.17, 15) is 4.79 Å². The van der Waals surface area contributed by atoms with E-state index in [0.717, 1.165) is 0 Å². The van der Waals surface area contributed by atoms with Gasteiger partial charge in [-0.05, 0) is 6.92 Å². The summed E-state index contributed by atoms with van der Waals surface area (Å²) in [7, 11) is 0. The first-order valence-electron chi connectivity index (χ1n) is 3.05. The molecule has 0 bridgehead atoms. The second-order valence-corrected chi connectivity index (χ2v) is 2.08. The molecule has 1 aromatic heterocycles. The molecule has 0 unspecified atom stereocenters. The molecule has 1 heterocycles. The fraction of sp³-hybridized carbons (Fsp3) is 0.333. The van der Waals surface area contributed by atoms with Gasteiger partial charge >= 0.3 is 5.97 Å². The molecule has 0 amide bonds. The molecule has 0 aliphatic heterocycles. The third kappa shape index (κ3) is 1.22. The minimum Gasteiger partial charge on any atom is -0.476 e. The zero-order valence-corrected chi connectivity index (χ0v) is 6.00. The van der Waals surface area contributed by atoms with E-state index in [-0.39, 0.29) is 12.2 Å². The maximum absolute atomic E-state index is 10.4. The standard InChI is InChI=1S/C6H8N2O3/c1-3-4(2-7)5(6(9)10)8-11-3/h2,7H2,1H3,(H,9,10). The van der Waals surface area contributed by atoms with Crippen molar-refractivity contribution in [2.24, 2.45) is 5.73 Å². The van der Waals surface area contributed by atoms with Gasteiger partial charge in [-0.3, -0.25) is 0 Å². The largest absolute Gasteiger partial charge is 0.476 e. The van der Waals surface area contributed by atoms with Gasteiger partial charge in [0.15, 0.2) is 5.69 Å². The summed E-state index contributed by atoms with van der Waals surface area (Å²) in [6.45, 7) is 1.76. The normalized spacial score (nSPS) is 10.0. The zero-order chi connectivity index (χ0) is 8.43. The van der Waals surface area contributed by atoms with Gasteiger partial charge in [-0.2, -0.15) is 0 Å². The highest BCUT2D eigenvalue weighted by molar-refractivity contribution is 5.87. The van der Waals surface area contributed by atoms with Crippen LogP contribution in [-0.4, -0.2) is 16.2 Å². The Balaban J connectivity index is 3.15. The third-order valence-corrected chi connectivity index (χ3v) is 1.39. The van der Waals surface area contributed by atoms with Crippen LogP contribution >= 0.6 is 0 Å². The Kier molecular flexibility index (Phi) is 1.91. The number of carboxylic acid groups (broad SMARTS) is 1. The zero-order valence-electron chi connectivity index (χ0n) is 6.00. The highest BCUT2D eigenvalue weighted by atomic mass is 16.5. The van der Waals surface area contributed by atoms with Gasteiger partial charge < -0.3 is 15.4 Å². The summed E-state index contributed by atoms with van der Waals surface area (Å²) in [5.74, 6) is -0.646. The molecule has 0 saturated carbocycles. The number of aryl methyl sites for hydroxylation is 1. The molecule has 0 atom stereocenters. The van der Waals surface area contributed by atoms with Gasteiger partial charge in [-0.25, -0.2) is 4.79 Å². The fourth-order valence-corrected chi connectivity index (χ4v) is 0.800. The van der Waals surface area contributed by atoms with Crippen molar-refractivity contribution < 1.29 is 14.4 Å². The van der Waals surface area contributed by atoms with E-state index in [0.29, 0.717) is 11.3 Å². The molecule has 60 valence electrons. The van der Waals surface area contributed by atoms with Gasteiger partial charge in [0.05, 0.1) is 0 Å². The average Bonchev–Trinajstić information content (AvgIpc) is 2.30. The lowest BCUT2D eigenvalue weighted by Crippen LogP contribution is -2.06. The Hall–Kier alpha value is -1.36. The number of hydrogen-bond donors (Lipinski definition) is 2. The van der Waals surface area contributed by atoms with Crippen LogP contribution in [0.4, 0.5) is 0 Å². The first kappa shape index (κ1) is 7.74. The molecule has 5 heteroatoms. The SMILES string of the molecule is Cc1onc(C(=O)O)c1CN. The van der Waals surface area contributed by atoms with Gasteiger partial charge in [0.25, 0.3) is 0 Å². The molecule has 5 nitrogen and oxygen atoms in total. The van der Waals surface area contributed by atoms with Crippen molar-refractivity contribution in [3.63, 3.8) is 0 Å². The van der Waals surface area contributed by atoms with Crippen LogP contribution in [0.2, 0.25) is 0 Å². The van der Waals surface area contributed by atoms with Crippen molar-refractivity contribution in [1.82, 2.24) is 5.16 Å². The summed E-state index contributed by atoms with van der Waals surface area (Å²) in [5, 5.41) is 11.9. The van der Waals surface area contributed by atoms with Crippen molar-refractivity contribution in [2.45, 2.75) is 13.5 Å². The number of carbonyl (C=O) groups is 1. The molecule has 0 aliphatic carbocycles. The Morgan fingerprint density at radius 1 is 1.82 bits per heavy atom. The quantitative estimate of drug-likeness (QED) is 0.635. The van der Waals surface area contributed by atoms with Crippen LogP contribution in [0.5, 0.6) is 0 Å². The smallest absolute Gasteiger partial charge is 0.358 e. The molecule has 3 N–H and O–H groups in total. The minimum atomic E-state index is -1.11. The Morgan fingerprint density at radius 2 is 2.45 bits per heavy atom. The number of nitrogens with two attached hydrogens (primary N) is 1. The second-order valence-electron chi connectivity index (χ2n) is 2.08. The topological polar surface area (TPSA) is 89.3 Å². The number of nitrogens with zero attached hydrogens (tertiary/aromatic N) is 1. The maximum Gasteiger partial charge on any atom is 0.358 e. The van der Waals surface area contributed by atoms with E-state index in [1.54, 1.807) is 6.92 Å². The predicted molar refractivity (Wildman–Crippen MR) is 36.1 cm³/mol. The molecule has 11 heavy (non-hydrogen) atoms. The van der Waals surface area contributed by atoms with Crippen molar-refractivity contribution in [1.29, 1.82) is 0 Å². The van der Waals surface area contributed by atoms with E-state index in [4.69, 9.17) is 10.8 Å². The molecule has 1 rings (SSSR count). The van der Waals surface area contributed by atoms with Crippen LogP contribution < -0.4 is 5.73 Å². The fourth-order valence-electron chi connectivity index (χ4n) is 0.800. The summed E-state index contributed by atoms with van der Waals surface area (Å²) < 4.78 is 4.64. The highest BCUT2D eigenvalue weighted by Crippen LogP contribution is 2.11. The van der Waals surface area contributed by atoms with Gasteiger partial charge in [0.1, 0.15) is 5.76 Å². The molecule has 0 spiro atoms. The van der Waals surface area contributed by atoms with Crippen molar-refractivity contribution in [3.8, 4) is 0 Å². The van der Waals surface area contributed by atoms with Crippen LogP contribution in [0.15, 0.2) is 4.52 Å². The number of aromatic nitrogens is 1. The van der Waals surface area contributed by atoms with E-state index in [1.807, 2.05) is 0 Å². The number of carboxylic acids is 1. The monoisotopic (exact) mass is 156 g/mol. The minimum absolute atomic E-state index is 0.0926. The summed E-state index contributed by atoms with van der Waals surface area (Å²) in [4.78, 5) is 10.4. The molecule has 0 fully saturated rings. The Bertz CT molecular complexity index is 279. The van der Waals surface area contributed by atoms with E-state index >= 15 is 0 Å². The van der Waals surface area contributed by atoms with Crippen LogP contribution in [0, 0.1) is 6.92 Å². The van der Waals surface area contributed by atoms with Crippen molar-refractivity contribution in [2.75, 3.05) is 0 Å². The Labute approximate surface area is 62.8 Å². The second kappa shape index (κ2) is 2.71. The van der Waals surface area contributed by atoms with E-state index in [1.165, 1.54) is 0 Å². The third-order valence-electron chi connectivity index (χ3n) is 1.39. The van der Waals surface area contributed by atoms with Crippen LogP contribution in [0.25, 0.3) is 0 Å². The van der Waals surface area contributed by atoms with Crippen LogP contribution in [0.1, 0.15) is 21.8 Å². The molecular weight excluding hydrogens is 148 g/mol. The Morgan fingerprint density at radius 3 is 2.82 bits per heavy atom. The van der Waals surface area contributed by atoms with Crippen molar-refractivity contribution in [3.05, 3.63) is 17.0 Å². The lowest BCUT2D eigenvalue weighted by atomic mass is 10.2. The summed E-state index contributed by atoms with van der Waals surface area (Å²) in [6.07, 6.45) is 0. The van der Waals surface area contributed by atoms with Crippen molar-refractivity contribution >= 4 is 5.97 Å². The summed E-state index contributed by atoms with van der Waals surface area (Å²) >= 11 is 0. The lowest BCUT2D eigenvalue weighted by Gasteiger charge is -1.90. The average molecular weight is 156 g/mol. The van der Waals surface area contributed by atoms with Gasteiger partial charge in [-0.15, -0.1) is 0 Å². The van der Waals surface area contributed by atoms with Gasteiger partial charge in [0.2, 0.25) is 0 Å². The number of rotatable bonds is 2. The summed E-state index contributed by atoms with van der Waals surface area (Å²) in [5.41, 5.74) is 5.63. The molecular formula is C6H8N2O3. The molecule has 0 aliphatic rings. The lowest BCUT2D eigenvalue weighted by molar-refractivity contribution is 0.0684. The molecule has 0 radical (unpaired) electrons. The van der Waals surface area contributed by atoms with E-state index in [2.05, 4.69) is 9.68 Å². The first-order chi connectivity index (χ1) is 5.16. The first-order valence-corrected chi connectivity index (χ1v) is 3.05. The van der Waals surface area contributed by atoms with Crippen LogP contribution in [-0.2, 0) is 6.54 Å². The number of hydrogen-bond acceptors (Lipinski definition) is 4. The molecule has 0 saturated heterocycles. The maximum atomic E-state index is 10.4. The predicted octanol–water partition coefficient (Wildman–Crippen LogP) is 0.140. The summed E-state index contributed by atoms with van der Waals surface area (Å²) in [6, 6.07) is 0.